The Morgan fingerprint density at radius 1 is 1.39 bits per heavy atom. The van der Waals surface area contributed by atoms with Crippen molar-refractivity contribution in [3.63, 3.8) is 0 Å². The van der Waals surface area contributed by atoms with E-state index in [0.717, 1.165) is 24.7 Å². The number of sulfonamides is 1. The average Bonchev–Trinajstić information content (AvgIpc) is 2.53. The normalized spacial score (nSPS) is 18.9. The number of benzene rings is 1. The van der Waals surface area contributed by atoms with Gasteiger partial charge in [-0.2, -0.15) is 0 Å². The maximum Gasteiger partial charge on any atom is 0.254 e. The van der Waals surface area contributed by atoms with E-state index in [-0.39, 0.29) is 11.8 Å². The maximum absolute atomic E-state index is 12.8. The molecule has 1 aromatic rings. The minimum Gasteiger partial charge on any atom is -0.380 e. The molecule has 1 aromatic carbocycles. The summed E-state index contributed by atoms with van der Waals surface area (Å²) in [6.07, 6.45) is 2.96. The fourth-order valence-corrected chi connectivity index (χ4v) is 3.40. The number of likely N-dealkylation sites (tertiary alicyclic amines) is 1. The van der Waals surface area contributed by atoms with Crippen molar-refractivity contribution in [3.05, 3.63) is 35.4 Å². The Kier molecular flexibility index (Phi) is 6.15. The van der Waals surface area contributed by atoms with Crippen molar-refractivity contribution < 1.29 is 17.9 Å². The van der Waals surface area contributed by atoms with Gasteiger partial charge in [0, 0.05) is 32.3 Å². The summed E-state index contributed by atoms with van der Waals surface area (Å²) in [7, 11) is -1.59. The Morgan fingerprint density at radius 2 is 2.13 bits per heavy atom. The second-order valence-electron chi connectivity index (χ2n) is 5.97. The van der Waals surface area contributed by atoms with Gasteiger partial charge in [0.2, 0.25) is 10.0 Å². The smallest absolute Gasteiger partial charge is 0.254 e. The Morgan fingerprint density at radius 3 is 2.83 bits per heavy atom. The van der Waals surface area contributed by atoms with Gasteiger partial charge in [-0.3, -0.25) is 4.79 Å². The molecule has 0 spiro atoms. The van der Waals surface area contributed by atoms with Crippen LogP contribution in [0.25, 0.3) is 0 Å². The van der Waals surface area contributed by atoms with Crippen molar-refractivity contribution >= 4 is 15.9 Å². The van der Waals surface area contributed by atoms with E-state index < -0.39 is 10.0 Å². The molecule has 0 unspecified atom stereocenters. The number of ether oxygens (including phenoxy) is 1. The van der Waals surface area contributed by atoms with Crippen LogP contribution < -0.4 is 4.72 Å². The van der Waals surface area contributed by atoms with E-state index >= 15 is 0 Å². The van der Waals surface area contributed by atoms with Crippen LogP contribution in [0.2, 0.25) is 0 Å². The lowest BCUT2D eigenvalue weighted by Gasteiger charge is -2.33. The van der Waals surface area contributed by atoms with E-state index in [1.54, 1.807) is 7.11 Å². The first kappa shape index (κ1) is 17.9. The van der Waals surface area contributed by atoms with E-state index in [1.807, 2.05) is 29.2 Å². The lowest BCUT2D eigenvalue weighted by atomic mass is 9.97. The summed E-state index contributed by atoms with van der Waals surface area (Å²) in [6.45, 7) is 2.05. The number of amides is 1. The summed E-state index contributed by atoms with van der Waals surface area (Å²) < 4.78 is 30.1. The van der Waals surface area contributed by atoms with Gasteiger partial charge < -0.3 is 9.64 Å². The van der Waals surface area contributed by atoms with Crippen molar-refractivity contribution in [2.75, 3.05) is 33.0 Å². The molecule has 6 nitrogen and oxygen atoms in total. The van der Waals surface area contributed by atoms with Crippen LogP contribution in [0.5, 0.6) is 0 Å². The van der Waals surface area contributed by atoms with Crippen LogP contribution in [-0.4, -0.2) is 52.2 Å². The highest BCUT2D eigenvalue weighted by molar-refractivity contribution is 7.88. The van der Waals surface area contributed by atoms with Crippen LogP contribution in [0.15, 0.2) is 24.3 Å². The maximum atomic E-state index is 12.8. The topological polar surface area (TPSA) is 75.7 Å². The van der Waals surface area contributed by atoms with Crippen LogP contribution in [0, 0.1) is 5.92 Å². The summed E-state index contributed by atoms with van der Waals surface area (Å²) >= 11 is 0. The van der Waals surface area contributed by atoms with Gasteiger partial charge in [0.25, 0.3) is 5.91 Å². The summed E-state index contributed by atoms with van der Waals surface area (Å²) in [4.78, 5) is 14.6. The minimum absolute atomic E-state index is 0.0123. The second kappa shape index (κ2) is 7.90. The van der Waals surface area contributed by atoms with Crippen LogP contribution in [0.3, 0.4) is 0 Å². The molecule has 0 saturated carbocycles. The summed E-state index contributed by atoms with van der Waals surface area (Å²) in [5.41, 5.74) is 1.53. The molecule has 0 radical (unpaired) electrons. The molecule has 23 heavy (non-hydrogen) atoms. The molecule has 1 heterocycles. The number of nitrogens with zero attached hydrogens (tertiary/aromatic N) is 1. The van der Waals surface area contributed by atoms with Gasteiger partial charge in [-0.1, -0.05) is 18.2 Å². The van der Waals surface area contributed by atoms with Crippen molar-refractivity contribution in [1.29, 1.82) is 0 Å². The zero-order valence-corrected chi connectivity index (χ0v) is 14.4. The Hall–Kier alpha value is -1.44. The number of carbonyl (C=O) groups is 1. The summed E-state index contributed by atoms with van der Waals surface area (Å²) in [5.74, 6) is 0.138. The number of hydrogen-bond acceptors (Lipinski definition) is 4. The predicted molar refractivity (Wildman–Crippen MR) is 88.6 cm³/mol. The fourth-order valence-electron chi connectivity index (χ4n) is 2.87. The molecule has 0 aromatic heterocycles. The van der Waals surface area contributed by atoms with E-state index in [0.29, 0.717) is 31.8 Å². The van der Waals surface area contributed by atoms with Crippen LogP contribution >= 0.6 is 0 Å². The molecule has 1 aliphatic heterocycles. The van der Waals surface area contributed by atoms with Crippen molar-refractivity contribution in [2.45, 2.75) is 19.4 Å². The first-order valence-corrected chi connectivity index (χ1v) is 9.60. The highest BCUT2D eigenvalue weighted by atomic mass is 32.2. The first-order chi connectivity index (χ1) is 10.9. The van der Waals surface area contributed by atoms with Crippen LogP contribution in [0.4, 0.5) is 0 Å². The van der Waals surface area contributed by atoms with Crippen LogP contribution in [0.1, 0.15) is 28.8 Å². The third-order valence-corrected chi connectivity index (χ3v) is 4.68. The standard InChI is InChI=1S/C16H24N2O4S/c1-22-12-14-7-3-4-8-15(14)16(19)18-9-5-6-13(11-18)10-17-23(2,20)21/h3-4,7-8,13,17H,5-6,9-12H2,1-2H3/t13-/m0/s1. The molecular weight excluding hydrogens is 316 g/mol. The van der Waals surface area contributed by atoms with Crippen LogP contribution in [-0.2, 0) is 21.4 Å². The number of piperidine rings is 1. The molecule has 1 N–H and O–H groups in total. The molecule has 1 atom stereocenters. The largest absolute Gasteiger partial charge is 0.380 e. The monoisotopic (exact) mass is 340 g/mol. The van der Waals surface area contributed by atoms with E-state index in [4.69, 9.17) is 4.74 Å². The van der Waals surface area contributed by atoms with E-state index in [9.17, 15) is 13.2 Å². The average molecular weight is 340 g/mol. The molecule has 2 rings (SSSR count). The SMILES string of the molecule is COCc1ccccc1C(=O)N1CCC[C@@H](CNS(C)(=O)=O)C1. The second-order valence-corrected chi connectivity index (χ2v) is 7.80. The van der Waals surface area contributed by atoms with Gasteiger partial charge in [0.05, 0.1) is 12.9 Å². The van der Waals surface area contributed by atoms with Crippen molar-refractivity contribution in [2.24, 2.45) is 5.92 Å². The molecular formula is C16H24N2O4S. The van der Waals surface area contributed by atoms with Gasteiger partial charge in [-0.25, -0.2) is 13.1 Å². The quantitative estimate of drug-likeness (QED) is 0.845. The number of rotatable bonds is 6. The molecule has 1 amide bonds. The van der Waals surface area contributed by atoms with E-state index in [2.05, 4.69) is 4.72 Å². The molecule has 0 aliphatic carbocycles. The summed E-state index contributed by atoms with van der Waals surface area (Å²) in [5, 5.41) is 0. The van der Waals surface area contributed by atoms with Gasteiger partial charge in [0.15, 0.2) is 0 Å². The number of carbonyl (C=O) groups excluding carboxylic acids is 1. The van der Waals surface area contributed by atoms with Crippen molar-refractivity contribution in [1.82, 2.24) is 9.62 Å². The Labute approximate surface area is 137 Å². The third-order valence-electron chi connectivity index (χ3n) is 3.99. The first-order valence-electron chi connectivity index (χ1n) is 7.71. The Balaban J connectivity index is 2.05. The third kappa shape index (κ3) is 5.30. The molecule has 1 fully saturated rings. The highest BCUT2D eigenvalue weighted by Crippen LogP contribution is 2.20. The molecule has 0 bridgehead atoms. The minimum atomic E-state index is -3.20. The van der Waals surface area contributed by atoms with Gasteiger partial charge >= 0.3 is 0 Å². The zero-order valence-electron chi connectivity index (χ0n) is 13.6. The predicted octanol–water partition coefficient (Wildman–Crippen LogP) is 1.23. The number of methoxy groups -OCH3 is 1. The lowest BCUT2D eigenvalue weighted by molar-refractivity contribution is 0.0672. The highest BCUT2D eigenvalue weighted by Gasteiger charge is 2.26. The number of hydrogen-bond donors (Lipinski definition) is 1. The molecule has 128 valence electrons. The van der Waals surface area contributed by atoms with Crippen molar-refractivity contribution in [3.8, 4) is 0 Å². The lowest BCUT2D eigenvalue weighted by Crippen LogP contribution is -2.43. The Bertz CT molecular complexity index is 645. The molecule has 1 saturated heterocycles. The van der Waals surface area contributed by atoms with E-state index in [1.165, 1.54) is 0 Å². The van der Waals surface area contributed by atoms with Gasteiger partial charge in [0.1, 0.15) is 0 Å². The van der Waals surface area contributed by atoms with Gasteiger partial charge in [-0.05, 0) is 30.4 Å². The molecule has 1 aliphatic rings. The number of nitrogens with one attached hydrogen (secondary N) is 1. The fraction of sp³-hybridized carbons (Fsp3) is 0.562. The zero-order chi connectivity index (χ0) is 16.9. The summed E-state index contributed by atoms with van der Waals surface area (Å²) in [6, 6.07) is 7.44. The van der Waals surface area contributed by atoms with Gasteiger partial charge in [-0.15, -0.1) is 0 Å². The molecule has 7 heteroatoms.